The maximum Gasteiger partial charge on any atom is 0.251 e. The smallest absolute Gasteiger partial charge is 0.251 e. The predicted octanol–water partition coefficient (Wildman–Crippen LogP) is 5.80. The number of hydrogen-bond donors (Lipinski definition) is 2. The van der Waals surface area contributed by atoms with Crippen LogP contribution in [0.2, 0.25) is 0 Å². The first-order chi connectivity index (χ1) is 17.2. The van der Waals surface area contributed by atoms with E-state index in [1.807, 2.05) is 37.3 Å². The number of anilines is 1. The first-order valence-electron chi connectivity index (χ1n) is 11.7. The summed E-state index contributed by atoms with van der Waals surface area (Å²) in [5, 5.41) is 3.90. The Morgan fingerprint density at radius 1 is 0.972 bits per heavy atom. The summed E-state index contributed by atoms with van der Waals surface area (Å²) in [6.07, 6.45) is 0. The number of hydrogen-bond acceptors (Lipinski definition) is 2. The lowest BCUT2D eigenvalue weighted by atomic mass is 9.82. The number of para-hydroxylation sites is 1. The molecule has 36 heavy (non-hydrogen) atoms. The van der Waals surface area contributed by atoms with Crippen molar-refractivity contribution in [2.75, 3.05) is 4.90 Å². The van der Waals surface area contributed by atoms with Crippen molar-refractivity contribution in [1.29, 1.82) is 0 Å². The summed E-state index contributed by atoms with van der Waals surface area (Å²) < 4.78 is 42.2. The van der Waals surface area contributed by atoms with Crippen molar-refractivity contribution in [3.05, 3.63) is 100 Å². The van der Waals surface area contributed by atoms with Gasteiger partial charge in [-0.1, -0.05) is 38.1 Å². The number of nitrogens with one attached hydrogen (secondary N) is 2. The molecule has 4 aromatic rings. The molecule has 2 amide bonds. The maximum atomic E-state index is 14.4. The van der Waals surface area contributed by atoms with Crippen LogP contribution >= 0.6 is 0 Å². The molecule has 0 saturated heterocycles. The summed E-state index contributed by atoms with van der Waals surface area (Å²) in [5.41, 5.74) is 2.90. The molecule has 2 atom stereocenters. The van der Waals surface area contributed by atoms with Gasteiger partial charge < -0.3 is 15.2 Å². The van der Waals surface area contributed by atoms with Crippen LogP contribution in [0.3, 0.4) is 0 Å². The second-order valence-corrected chi connectivity index (χ2v) is 9.19. The summed E-state index contributed by atoms with van der Waals surface area (Å²) >= 11 is 0. The molecule has 0 radical (unpaired) electrons. The van der Waals surface area contributed by atoms with Crippen LogP contribution in [0.5, 0.6) is 0 Å². The zero-order chi connectivity index (χ0) is 25.6. The van der Waals surface area contributed by atoms with Crippen molar-refractivity contribution >= 4 is 28.4 Å². The molecule has 1 unspecified atom stereocenters. The van der Waals surface area contributed by atoms with E-state index in [9.17, 15) is 22.8 Å². The first kappa shape index (κ1) is 23.7. The summed E-state index contributed by atoms with van der Waals surface area (Å²) in [4.78, 5) is 30.7. The van der Waals surface area contributed by atoms with Crippen LogP contribution in [0.1, 0.15) is 46.9 Å². The van der Waals surface area contributed by atoms with Crippen molar-refractivity contribution in [3.63, 3.8) is 0 Å². The quantitative estimate of drug-likeness (QED) is 0.371. The van der Waals surface area contributed by atoms with Gasteiger partial charge in [-0.25, -0.2) is 13.2 Å². The normalized spacial score (nSPS) is 17.4. The van der Waals surface area contributed by atoms with E-state index in [-0.39, 0.29) is 24.3 Å². The fourth-order valence-corrected chi connectivity index (χ4v) is 4.70. The Kier molecular flexibility index (Phi) is 6.04. The van der Waals surface area contributed by atoms with Gasteiger partial charge in [-0.3, -0.25) is 9.59 Å². The van der Waals surface area contributed by atoms with E-state index < -0.39 is 35.5 Å². The monoisotopic (exact) mass is 491 g/mol. The second kappa shape index (κ2) is 9.18. The van der Waals surface area contributed by atoms with Gasteiger partial charge in [0.1, 0.15) is 17.5 Å². The maximum absolute atomic E-state index is 14.4. The number of H-pyrrole nitrogens is 1. The molecular formula is C28H24F3N3O2. The third-order valence-electron chi connectivity index (χ3n) is 6.93. The number of aromatic nitrogens is 1. The molecule has 0 bridgehead atoms. The van der Waals surface area contributed by atoms with E-state index in [1.54, 1.807) is 25.1 Å². The number of amides is 2. The van der Waals surface area contributed by atoms with Crippen LogP contribution in [-0.2, 0) is 17.9 Å². The van der Waals surface area contributed by atoms with Crippen LogP contribution in [0, 0.1) is 23.4 Å². The Balaban J connectivity index is 1.43. The number of carbonyl (C=O) groups is 2. The molecule has 8 heteroatoms. The molecule has 1 aliphatic heterocycles. The van der Waals surface area contributed by atoms with E-state index >= 15 is 0 Å². The van der Waals surface area contributed by atoms with E-state index in [4.69, 9.17) is 0 Å². The van der Waals surface area contributed by atoms with Crippen LogP contribution < -0.4 is 10.2 Å². The fraction of sp³-hybridized carbons (Fsp3) is 0.214. The molecule has 2 heterocycles. The van der Waals surface area contributed by atoms with Gasteiger partial charge in [0.2, 0.25) is 5.91 Å². The number of fused-ring (bicyclic) bond motifs is 2. The Bertz CT molecular complexity index is 1440. The largest absolute Gasteiger partial charge is 0.357 e. The van der Waals surface area contributed by atoms with Gasteiger partial charge in [0, 0.05) is 46.1 Å². The molecule has 184 valence electrons. The fourth-order valence-electron chi connectivity index (χ4n) is 4.70. The van der Waals surface area contributed by atoms with Crippen molar-refractivity contribution in [2.45, 2.75) is 32.9 Å². The summed E-state index contributed by atoms with van der Waals surface area (Å²) in [6.45, 7) is 3.50. The third kappa shape index (κ3) is 4.23. The van der Waals surface area contributed by atoms with Gasteiger partial charge in [-0.05, 0) is 41.1 Å². The summed E-state index contributed by atoms with van der Waals surface area (Å²) in [6, 6.07) is 15.9. The second-order valence-electron chi connectivity index (χ2n) is 9.19. The molecular weight excluding hydrogens is 467 g/mol. The molecule has 0 fully saturated rings. The summed E-state index contributed by atoms with van der Waals surface area (Å²) in [5.74, 6) is -4.44. The Hall–Kier alpha value is -4.07. The number of aromatic amines is 1. The number of carbonyl (C=O) groups excluding carboxylic acids is 2. The van der Waals surface area contributed by atoms with Gasteiger partial charge in [0.05, 0.1) is 13.1 Å². The average Bonchev–Trinajstić information content (AvgIpc) is 3.28. The third-order valence-corrected chi connectivity index (χ3v) is 6.93. The average molecular weight is 492 g/mol. The number of nitrogens with zero attached hydrogens (tertiary/aromatic N) is 1. The van der Waals surface area contributed by atoms with Gasteiger partial charge in [-0.2, -0.15) is 0 Å². The molecule has 3 aromatic carbocycles. The number of halogens is 3. The first-order valence-corrected chi connectivity index (χ1v) is 11.7. The zero-order valence-electron chi connectivity index (χ0n) is 19.7. The standard InChI is InChI=1S/C28H24F3N3O2/c1-15-16(2)28(36)34(14-22-23(30)11-19(29)12-24(22)31)26-10-18(7-8-21(15)26)27(35)32-13-20-9-17-5-3-4-6-25(17)33-20/h3-12,15-16,33H,13-14H2,1-2H3,(H,32,35)/t15-,16?/m1/s1. The molecule has 1 aromatic heterocycles. The lowest BCUT2D eigenvalue weighted by Crippen LogP contribution is -2.42. The molecule has 5 nitrogen and oxygen atoms in total. The van der Waals surface area contributed by atoms with E-state index in [2.05, 4.69) is 10.3 Å². The zero-order valence-corrected chi connectivity index (χ0v) is 19.7. The van der Waals surface area contributed by atoms with Crippen molar-refractivity contribution in [2.24, 2.45) is 5.92 Å². The van der Waals surface area contributed by atoms with Crippen molar-refractivity contribution in [1.82, 2.24) is 10.3 Å². The SMILES string of the molecule is CC1C(=O)N(Cc2c(F)cc(F)cc2F)c2cc(C(=O)NCc3cc4ccccc4[nH]3)ccc2[C@@H]1C. The molecule has 2 N–H and O–H groups in total. The van der Waals surface area contributed by atoms with Gasteiger partial charge >= 0.3 is 0 Å². The predicted molar refractivity (Wildman–Crippen MR) is 131 cm³/mol. The highest BCUT2D eigenvalue weighted by Crippen LogP contribution is 2.40. The summed E-state index contributed by atoms with van der Waals surface area (Å²) in [7, 11) is 0. The number of rotatable bonds is 5. The molecule has 0 saturated carbocycles. The minimum absolute atomic E-state index is 0.157. The number of benzene rings is 3. The van der Waals surface area contributed by atoms with Gasteiger partial charge in [0.15, 0.2) is 0 Å². The highest BCUT2D eigenvalue weighted by molar-refractivity contribution is 6.01. The Morgan fingerprint density at radius 3 is 2.42 bits per heavy atom. The van der Waals surface area contributed by atoms with E-state index in [0.717, 1.165) is 22.2 Å². The highest BCUT2D eigenvalue weighted by Gasteiger charge is 2.36. The van der Waals surface area contributed by atoms with Crippen LogP contribution in [0.25, 0.3) is 10.9 Å². The minimum Gasteiger partial charge on any atom is -0.357 e. The topological polar surface area (TPSA) is 65.2 Å². The van der Waals surface area contributed by atoms with Crippen LogP contribution in [-0.4, -0.2) is 16.8 Å². The lowest BCUT2D eigenvalue weighted by Gasteiger charge is -2.37. The van der Waals surface area contributed by atoms with Crippen molar-refractivity contribution in [3.8, 4) is 0 Å². The molecule has 0 spiro atoms. The Morgan fingerprint density at radius 2 is 1.69 bits per heavy atom. The van der Waals surface area contributed by atoms with E-state index in [0.29, 0.717) is 23.4 Å². The molecule has 1 aliphatic rings. The lowest BCUT2D eigenvalue weighted by molar-refractivity contribution is -0.123. The molecule has 0 aliphatic carbocycles. The van der Waals surface area contributed by atoms with Crippen LogP contribution in [0.4, 0.5) is 18.9 Å². The van der Waals surface area contributed by atoms with Crippen LogP contribution in [0.15, 0.2) is 60.7 Å². The Labute approximate surface area is 205 Å². The molecule has 5 rings (SSSR count). The van der Waals surface area contributed by atoms with Crippen molar-refractivity contribution < 1.29 is 22.8 Å². The van der Waals surface area contributed by atoms with Gasteiger partial charge in [0.25, 0.3) is 5.91 Å². The highest BCUT2D eigenvalue weighted by atomic mass is 19.1. The van der Waals surface area contributed by atoms with Gasteiger partial charge in [-0.15, -0.1) is 0 Å². The minimum atomic E-state index is -1.07. The van der Waals surface area contributed by atoms with E-state index in [1.165, 1.54) is 4.90 Å².